The molecule has 0 fully saturated rings. The van der Waals surface area contributed by atoms with Gasteiger partial charge in [-0.1, -0.05) is 11.6 Å². The monoisotopic (exact) mass is 186 g/mol. The number of ether oxygens (including phenoxy) is 1. The van der Waals surface area contributed by atoms with E-state index in [1.165, 1.54) is 0 Å². The van der Waals surface area contributed by atoms with Gasteiger partial charge in [0.2, 0.25) is 5.88 Å². The summed E-state index contributed by atoms with van der Waals surface area (Å²) in [7, 11) is 0. The van der Waals surface area contributed by atoms with Crippen LogP contribution in [-0.4, -0.2) is 15.8 Å². The Bertz CT molecular complexity index is 253. The van der Waals surface area contributed by atoms with E-state index in [0.717, 1.165) is 0 Å². The lowest BCUT2D eigenvalue weighted by molar-refractivity contribution is 0.122. The van der Waals surface area contributed by atoms with E-state index in [1.807, 2.05) is 20.8 Å². The molecule has 12 heavy (non-hydrogen) atoms. The molecule has 0 N–H and O–H groups in total. The third-order valence-corrected chi connectivity index (χ3v) is 1.22. The van der Waals surface area contributed by atoms with Gasteiger partial charge in [-0.15, -0.1) is 10.2 Å². The van der Waals surface area contributed by atoms with Crippen LogP contribution in [0.1, 0.15) is 20.8 Å². The van der Waals surface area contributed by atoms with E-state index in [-0.39, 0.29) is 5.60 Å². The highest BCUT2D eigenvalue weighted by molar-refractivity contribution is 6.29. The summed E-state index contributed by atoms with van der Waals surface area (Å²) in [5.74, 6) is 0.493. The van der Waals surface area contributed by atoms with Crippen LogP contribution < -0.4 is 4.74 Å². The molecule has 0 spiro atoms. The first-order valence-electron chi connectivity index (χ1n) is 3.66. The smallest absolute Gasteiger partial charge is 0.233 e. The van der Waals surface area contributed by atoms with Gasteiger partial charge in [0.1, 0.15) is 5.60 Å². The molecule has 1 aromatic rings. The number of nitrogens with zero attached hydrogens (tertiary/aromatic N) is 2. The first-order valence-corrected chi connectivity index (χ1v) is 4.03. The highest BCUT2D eigenvalue weighted by atomic mass is 35.5. The van der Waals surface area contributed by atoms with E-state index in [9.17, 15) is 0 Å². The largest absolute Gasteiger partial charge is 0.471 e. The van der Waals surface area contributed by atoms with Crippen molar-refractivity contribution in [2.24, 2.45) is 0 Å². The summed E-state index contributed by atoms with van der Waals surface area (Å²) in [6, 6.07) is 3.34. The van der Waals surface area contributed by atoms with Gasteiger partial charge >= 0.3 is 0 Å². The summed E-state index contributed by atoms with van der Waals surface area (Å²) in [5.41, 5.74) is -0.248. The zero-order valence-electron chi connectivity index (χ0n) is 7.34. The summed E-state index contributed by atoms with van der Waals surface area (Å²) in [4.78, 5) is 0. The Kier molecular flexibility index (Phi) is 2.52. The standard InChI is InChI=1S/C8H11ClN2O/c1-8(2,3)12-7-5-4-6(9)10-11-7/h4-5H,1-3H3. The summed E-state index contributed by atoms with van der Waals surface area (Å²) in [6.45, 7) is 5.84. The maximum Gasteiger partial charge on any atom is 0.233 e. The number of hydrogen-bond donors (Lipinski definition) is 0. The average molecular weight is 187 g/mol. The Hall–Kier alpha value is -0.830. The maximum absolute atomic E-state index is 5.55. The molecule has 0 aliphatic rings. The Morgan fingerprint density at radius 3 is 2.33 bits per heavy atom. The zero-order valence-corrected chi connectivity index (χ0v) is 8.09. The third kappa shape index (κ3) is 3.05. The Balaban J connectivity index is 2.71. The van der Waals surface area contributed by atoms with Crippen LogP contribution in [0.3, 0.4) is 0 Å². The second-order valence-electron chi connectivity index (χ2n) is 3.41. The number of halogens is 1. The van der Waals surface area contributed by atoms with E-state index in [2.05, 4.69) is 10.2 Å². The van der Waals surface area contributed by atoms with Crippen molar-refractivity contribution in [2.45, 2.75) is 26.4 Å². The van der Waals surface area contributed by atoms with Gasteiger partial charge in [-0.25, -0.2) is 0 Å². The maximum atomic E-state index is 5.55. The first kappa shape index (κ1) is 9.26. The molecule has 4 heteroatoms. The van der Waals surface area contributed by atoms with Gasteiger partial charge in [0, 0.05) is 6.07 Å². The van der Waals surface area contributed by atoms with Crippen LogP contribution in [0.15, 0.2) is 12.1 Å². The molecule has 0 atom stereocenters. The van der Waals surface area contributed by atoms with Crippen molar-refractivity contribution < 1.29 is 4.74 Å². The molecule has 0 saturated carbocycles. The van der Waals surface area contributed by atoms with Crippen molar-refractivity contribution in [1.82, 2.24) is 10.2 Å². The minimum absolute atomic E-state index is 0.248. The van der Waals surface area contributed by atoms with Gasteiger partial charge < -0.3 is 4.74 Å². The van der Waals surface area contributed by atoms with E-state index < -0.39 is 0 Å². The van der Waals surface area contributed by atoms with Crippen LogP contribution in [0.2, 0.25) is 5.15 Å². The molecule has 0 aliphatic heterocycles. The van der Waals surface area contributed by atoms with E-state index in [1.54, 1.807) is 12.1 Å². The third-order valence-electron chi connectivity index (χ3n) is 1.02. The summed E-state index contributed by atoms with van der Waals surface area (Å²) < 4.78 is 5.42. The van der Waals surface area contributed by atoms with Crippen molar-refractivity contribution in [1.29, 1.82) is 0 Å². The van der Waals surface area contributed by atoms with Crippen molar-refractivity contribution in [3.8, 4) is 5.88 Å². The van der Waals surface area contributed by atoms with E-state index in [4.69, 9.17) is 16.3 Å². The molecule has 1 aromatic heterocycles. The summed E-state index contributed by atoms with van der Waals surface area (Å²) in [6.07, 6.45) is 0. The van der Waals surface area contributed by atoms with Crippen LogP contribution in [0.4, 0.5) is 0 Å². The minimum atomic E-state index is -0.248. The van der Waals surface area contributed by atoms with Crippen LogP contribution in [0.5, 0.6) is 5.88 Å². The summed E-state index contributed by atoms with van der Waals surface area (Å²) in [5, 5.41) is 7.78. The molecule has 1 rings (SSSR count). The highest BCUT2D eigenvalue weighted by Gasteiger charge is 2.12. The van der Waals surface area contributed by atoms with Gasteiger partial charge in [0.15, 0.2) is 5.15 Å². The van der Waals surface area contributed by atoms with Crippen molar-refractivity contribution >= 4 is 11.6 Å². The van der Waals surface area contributed by atoms with Crippen molar-refractivity contribution in [3.63, 3.8) is 0 Å². The molecule has 0 bridgehead atoms. The Labute approximate surface area is 76.7 Å². The minimum Gasteiger partial charge on any atom is -0.471 e. The normalized spacial score (nSPS) is 11.3. The molecule has 0 aromatic carbocycles. The lowest BCUT2D eigenvalue weighted by atomic mass is 10.2. The molecule has 66 valence electrons. The molecule has 1 heterocycles. The quantitative estimate of drug-likeness (QED) is 0.675. The lowest BCUT2D eigenvalue weighted by Gasteiger charge is -2.19. The number of rotatable bonds is 1. The van der Waals surface area contributed by atoms with Crippen molar-refractivity contribution in [3.05, 3.63) is 17.3 Å². The molecule has 0 unspecified atom stereocenters. The predicted octanol–water partition coefficient (Wildman–Crippen LogP) is 2.31. The van der Waals surface area contributed by atoms with Gasteiger partial charge in [-0.2, -0.15) is 0 Å². The van der Waals surface area contributed by atoms with E-state index >= 15 is 0 Å². The second kappa shape index (κ2) is 3.27. The van der Waals surface area contributed by atoms with Crippen LogP contribution in [0, 0.1) is 0 Å². The van der Waals surface area contributed by atoms with Gasteiger partial charge in [-0.3, -0.25) is 0 Å². The van der Waals surface area contributed by atoms with Gasteiger partial charge in [-0.05, 0) is 26.8 Å². The fraction of sp³-hybridized carbons (Fsp3) is 0.500. The fourth-order valence-electron chi connectivity index (χ4n) is 0.672. The molecular weight excluding hydrogens is 176 g/mol. The van der Waals surface area contributed by atoms with Gasteiger partial charge in [0.05, 0.1) is 0 Å². The van der Waals surface area contributed by atoms with Crippen LogP contribution >= 0.6 is 11.6 Å². The molecule has 0 aliphatic carbocycles. The molecule has 0 amide bonds. The fourth-order valence-corrected chi connectivity index (χ4v) is 0.773. The Morgan fingerprint density at radius 2 is 1.92 bits per heavy atom. The second-order valence-corrected chi connectivity index (χ2v) is 3.80. The Morgan fingerprint density at radius 1 is 1.25 bits per heavy atom. The number of hydrogen-bond acceptors (Lipinski definition) is 3. The SMILES string of the molecule is CC(C)(C)Oc1ccc(Cl)nn1. The van der Waals surface area contributed by atoms with Gasteiger partial charge in [0.25, 0.3) is 0 Å². The first-order chi connectivity index (χ1) is 5.47. The number of aromatic nitrogens is 2. The average Bonchev–Trinajstić information content (AvgIpc) is 1.91. The topological polar surface area (TPSA) is 35.0 Å². The lowest BCUT2D eigenvalue weighted by Crippen LogP contribution is -2.23. The molecule has 0 saturated heterocycles. The predicted molar refractivity (Wildman–Crippen MR) is 47.4 cm³/mol. The van der Waals surface area contributed by atoms with Crippen LogP contribution in [-0.2, 0) is 0 Å². The van der Waals surface area contributed by atoms with Crippen molar-refractivity contribution in [2.75, 3.05) is 0 Å². The molecular formula is C8H11ClN2O. The highest BCUT2D eigenvalue weighted by Crippen LogP contribution is 2.14. The molecule has 0 radical (unpaired) electrons. The summed E-state index contributed by atoms with van der Waals surface area (Å²) >= 11 is 5.55. The zero-order chi connectivity index (χ0) is 9.19. The van der Waals surface area contributed by atoms with E-state index in [0.29, 0.717) is 11.0 Å². The van der Waals surface area contributed by atoms with Crippen LogP contribution in [0.25, 0.3) is 0 Å². The molecule has 3 nitrogen and oxygen atoms in total.